The fourth-order valence-corrected chi connectivity index (χ4v) is 1.77. The molecule has 2 aromatic rings. The van der Waals surface area contributed by atoms with Crippen molar-refractivity contribution in [3.05, 3.63) is 40.5 Å². The summed E-state index contributed by atoms with van der Waals surface area (Å²) in [6.07, 6.45) is 0. The van der Waals surface area contributed by atoms with E-state index in [0.717, 1.165) is 4.47 Å². The van der Waals surface area contributed by atoms with Crippen molar-refractivity contribution >= 4 is 27.7 Å². The number of ether oxygens (including phenoxy) is 1. The molecule has 0 aliphatic carbocycles. The summed E-state index contributed by atoms with van der Waals surface area (Å²) in [5.74, 6) is 0.314. The number of benzene rings is 1. The lowest BCUT2D eigenvalue weighted by Crippen LogP contribution is -2.14. The van der Waals surface area contributed by atoms with Gasteiger partial charge >= 0.3 is 5.97 Å². The predicted octanol–water partition coefficient (Wildman–Crippen LogP) is 2.47. The van der Waals surface area contributed by atoms with Gasteiger partial charge in [0.25, 0.3) is 0 Å². The molecule has 0 fully saturated rings. The number of nitrogen functional groups attached to an aromatic ring is 1. The molecule has 5 nitrogen and oxygen atoms in total. The minimum atomic E-state index is -0.469. The van der Waals surface area contributed by atoms with Gasteiger partial charge in [0, 0.05) is 17.1 Å². The molecule has 0 amide bonds. The van der Waals surface area contributed by atoms with E-state index in [1.807, 2.05) is 6.92 Å². The molecule has 0 spiro atoms. The van der Waals surface area contributed by atoms with Gasteiger partial charge in [0.05, 0.1) is 0 Å². The van der Waals surface area contributed by atoms with Gasteiger partial charge in [0.1, 0.15) is 17.3 Å². The van der Waals surface area contributed by atoms with Crippen LogP contribution in [0.15, 0.2) is 34.8 Å². The van der Waals surface area contributed by atoms with Crippen molar-refractivity contribution < 1.29 is 9.53 Å². The van der Waals surface area contributed by atoms with E-state index in [-0.39, 0.29) is 0 Å². The molecule has 6 heteroatoms. The molecule has 2 N–H and O–H groups in total. The first kappa shape index (κ1) is 12.6. The molecular formula is C12H12BrN3O2. The number of nitrogens with zero attached hydrogens (tertiary/aromatic N) is 2. The van der Waals surface area contributed by atoms with Crippen molar-refractivity contribution in [1.29, 1.82) is 0 Å². The van der Waals surface area contributed by atoms with Crippen LogP contribution in [0.25, 0.3) is 0 Å². The zero-order chi connectivity index (χ0) is 13.1. The van der Waals surface area contributed by atoms with E-state index in [0.29, 0.717) is 23.8 Å². The fraction of sp³-hybridized carbons (Fsp3) is 0.167. The molecule has 0 aliphatic heterocycles. The summed E-state index contributed by atoms with van der Waals surface area (Å²) in [4.78, 5) is 11.9. The molecule has 1 aromatic carbocycles. The summed E-state index contributed by atoms with van der Waals surface area (Å²) < 4.78 is 7.67. The Morgan fingerprint density at radius 2 is 2.11 bits per heavy atom. The molecule has 0 saturated heterocycles. The number of nitrogens with two attached hydrogens (primary N) is 1. The Hall–Kier alpha value is -1.82. The molecule has 0 atom stereocenters. The van der Waals surface area contributed by atoms with Crippen molar-refractivity contribution in [2.45, 2.75) is 13.5 Å². The van der Waals surface area contributed by atoms with Gasteiger partial charge in [-0.2, -0.15) is 5.10 Å². The summed E-state index contributed by atoms with van der Waals surface area (Å²) >= 11 is 3.31. The highest BCUT2D eigenvalue weighted by atomic mass is 79.9. The van der Waals surface area contributed by atoms with E-state index >= 15 is 0 Å². The third-order valence-electron chi connectivity index (χ3n) is 2.33. The minimum Gasteiger partial charge on any atom is -0.422 e. The molecule has 0 aliphatic rings. The molecular weight excluding hydrogens is 298 g/mol. The van der Waals surface area contributed by atoms with Gasteiger partial charge in [-0.15, -0.1) is 0 Å². The van der Waals surface area contributed by atoms with Crippen molar-refractivity contribution in [2.24, 2.45) is 0 Å². The van der Waals surface area contributed by atoms with Gasteiger partial charge in [-0.25, -0.2) is 4.79 Å². The first-order valence-corrected chi connectivity index (χ1v) is 6.20. The zero-order valence-electron chi connectivity index (χ0n) is 9.76. The second-order valence-electron chi connectivity index (χ2n) is 3.61. The fourth-order valence-electron chi connectivity index (χ4n) is 1.50. The van der Waals surface area contributed by atoms with Gasteiger partial charge < -0.3 is 10.5 Å². The van der Waals surface area contributed by atoms with Crippen LogP contribution in [-0.4, -0.2) is 15.7 Å². The van der Waals surface area contributed by atoms with Crippen LogP contribution in [0.4, 0.5) is 5.82 Å². The third-order valence-corrected chi connectivity index (χ3v) is 2.86. The maximum atomic E-state index is 11.9. The van der Waals surface area contributed by atoms with Crippen LogP contribution in [0, 0.1) is 0 Å². The van der Waals surface area contributed by atoms with Gasteiger partial charge in [-0.05, 0) is 31.2 Å². The van der Waals surface area contributed by atoms with Gasteiger partial charge in [0.2, 0.25) is 0 Å². The number of rotatable bonds is 3. The monoisotopic (exact) mass is 309 g/mol. The predicted molar refractivity (Wildman–Crippen MR) is 71.4 cm³/mol. The van der Waals surface area contributed by atoms with Crippen LogP contribution >= 0.6 is 15.9 Å². The molecule has 0 saturated carbocycles. The quantitative estimate of drug-likeness (QED) is 0.698. The van der Waals surface area contributed by atoms with Gasteiger partial charge in [-0.3, -0.25) is 4.68 Å². The Morgan fingerprint density at radius 3 is 2.72 bits per heavy atom. The lowest BCUT2D eigenvalue weighted by atomic mass is 10.3. The second-order valence-corrected chi connectivity index (χ2v) is 4.53. The summed E-state index contributed by atoms with van der Waals surface area (Å²) in [5, 5.41) is 3.99. The largest absolute Gasteiger partial charge is 0.422 e. The molecule has 0 bridgehead atoms. The Balaban J connectivity index is 2.19. The smallest absolute Gasteiger partial charge is 0.362 e. The summed E-state index contributed by atoms with van der Waals surface area (Å²) in [6, 6.07) is 8.52. The molecule has 94 valence electrons. The summed E-state index contributed by atoms with van der Waals surface area (Å²) in [7, 11) is 0. The molecule has 0 unspecified atom stereocenters. The summed E-state index contributed by atoms with van der Waals surface area (Å²) in [6.45, 7) is 2.44. The van der Waals surface area contributed by atoms with Crippen molar-refractivity contribution in [3.63, 3.8) is 0 Å². The Bertz CT molecular complexity index is 563. The standard InChI is InChI=1S/C12H12BrN3O2/c1-2-16-10(7-11(14)15-16)12(17)18-9-5-3-8(13)4-6-9/h3-7H,2H2,1H3,(H2,14,15). The maximum Gasteiger partial charge on any atom is 0.362 e. The second kappa shape index (κ2) is 5.22. The Kier molecular flexibility index (Phi) is 3.66. The van der Waals surface area contributed by atoms with E-state index in [1.54, 1.807) is 24.3 Å². The number of carbonyl (C=O) groups excluding carboxylic acids is 1. The summed E-state index contributed by atoms with van der Waals surface area (Å²) in [5.41, 5.74) is 5.91. The minimum absolute atomic E-state index is 0.305. The SMILES string of the molecule is CCn1nc(N)cc1C(=O)Oc1ccc(Br)cc1. The topological polar surface area (TPSA) is 70.1 Å². The number of hydrogen-bond acceptors (Lipinski definition) is 4. The van der Waals surface area contributed by atoms with Crippen LogP contribution < -0.4 is 10.5 Å². The first-order valence-electron chi connectivity index (χ1n) is 5.41. The normalized spacial score (nSPS) is 10.3. The molecule has 1 aromatic heterocycles. The average molecular weight is 310 g/mol. The van der Waals surface area contributed by atoms with E-state index in [4.69, 9.17) is 10.5 Å². The number of hydrogen-bond donors (Lipinski definition) is 1. The zero-order valence-corrected chi connectivity index (χ0v) is 11.3. The maximum absolute atomic E-state index is 11.9. The lowest BCUT2D eigenvalue weighted by molar-refractivity contribution is 0.0722. The van der Waals surface area contributed by atoms with Gasteiger partial charge in [0.15, 0.2) is 0 Å². The van der Waals surface area contributed by atoms with E-state index in [1.165, 1.54) is 10.7 Å². The van der Waals surface area contributed by atoms with Crippen LogP contribution in [0.3, 0.4) is 0 Å². The molecule has 2 rings (SSSR count). The molecule has 0 radical (unpaired) electrons. The highest BCUT2D eigenvalue weighted by Gasteiger charge is 2.15. The number of esters is 1. The van der Waals surface area contributed by atoms with E-state index in [2.05, 4.69) is 21.0 Å². The Morgan fingerprint density at radius 1 is 1.44 bits per heavy atom. The number of halogens is 1. The first-order chi connectivity index (χ1) is 8.60. The number of aromatic nitrogens is 2. The van der Waals surface area contributed by atoms with Crippen molar-refractivity contribution in [3.8, 4) is 5.75 Å². The van der Waals surface area contributed by atoms with Gasteiger partial charge in [-0.1, -0.05) is 15.9 Å². The third kappa shape index (κ3) is 2.70. The Labute approximate surface area is 113 Å². The van der Waals surface area contributed by atoms with Crippen LogP contribution in [0.5, 0.6) is 5.75 Å². The lowest BCUT2D eigenvalue weighted by Gasteiger charge is -2.05. The number of aryl methyl sites for hydroxylation is 1. The number of anilines is 1. The van der Waals surface area contributed by atoms with Crippen molar-refractivity contribution in [2.75, 3.05) is 5.73 Å². The van der Waals surface area contributed by atoms with Crippen molar-refractivity contribution in [1.82, 2.24) is 9.78 Å². The highest BCUT2D eigenvalue weighted by Crippen LogP contribution is 2.18. The van der Waals surface area contributed by atoms with Crippen LogP contribution in [0.2, 0.25) is 0 Å². The van der Waals surface area contributed by atoms with Crippen LogP contribution in [0.1, 0.15) is 17.4 Å². The average Bonchev–Trinajstić information content (AvgIpc) is 2.73. The van der Waals surface area contributed by atoms with Crippen LogP contribution in [-0.2, 0) is 6.54 Å². The van der Waals surface area contributed by atoms with E-state index in [9.17, 15) is 4.79 Å². The highest BCUT2D eigenvalue weighted by molar-refractivity contribution is 9.10. The molecule has 1 heterocycles. The number of carbonyl (C=O) groups is 1. The van der Waals surface area contributed by atoms with E-state index < -0.39 is 5.97 Å². The molecule has 18 heavy (non-hydrogen) atoms.